The minimum Gasteiger partial charge on any atom is -0.505 e. The smallest absolute Gasteiger partial charge is 0.296 e. The van der Waals surface area contributed by atoms with Gasteiger partial charge in [0.2, 0.25) is 5.91 Å². The Balaban J connectivity index is 2.26. The van der Waals surface area contributed by atoms with Crippen molar-refractivity contribution in [2.75, 3.05) is 12.4 Å². The van der Waals surface area contributed by atoms with Crippen LogP contribution in [0.25, 0.3) is 10.8 Å². The second-order valence-corrected chi connectivity index (χ2v) is 8.45. The van der Waals surface area contributed by atoms with Crippen LogP contribution in [0.15, 0.2) is 61.8 Å². The highest BCUT2D eigenvalue weighted by Gasteiger charge is 2.23. The molecular weight excluding hydrogens is 434 g/mol. The molecule has 3 N–H and O–H groups in total. The number of aryl methyl sites for hydroxylation is 2. The summed E-state index contributed by atoms with van der Waals surface area (Å²) in [6.45, 7) is 4.87. The summed E-state index contributed by atoms with van der Waals surface area (Å²) in [7, 11) is -3.20. The third-order valence-electron chi connectivity index (χ3n) is 4.65. The molecule has 0 spiro atoms. The van der Waals surface area contributed by atoms with Crippen molar-refractivity contribution < 1.29 is 22.9 Å². The Labute approximate surface area is 184 Å². The Morgan fingerprint density at radius 3 is 2.19 bits per heavy atom. The zero-order valence-corrected chi connectivity index (χ0v) is 18.6. The fourth-order valence-corrected chi connectivity index (χ4v) is 3.86. The number of azo groups is 2. The van der Waals surface area contributed by atoms with Gasteiger partial charge >= 0.3 is 0 Å². The lowest BCUT2D eigenvalue weighted by Crippen LogP contribution is -2.06. The van der Waals surface area contributed by atoms with Gasteiger partial charge in [0.15, 0.2) is 5.75 Å². The van der Waals surface area contributed by atoms with Crippen molar-refractivity contribution in [1.29, 1.82) is 0 Å². The number of nitrogens with one attached hydrogen (secondary N) is 1. The van der Waals surface area contributed by atoms with E-state index in [1.54, 1.807) is 45.2 Å². The summed E-state index contributed by atoms with van der Waals surface area (Å²) in [5, 5.41) is 29.8. The van der Waals surface area contributed by atoms with Gasteiger partial charge in [-0.15, -0.1) is 5.11 Å². The molecular formula is C21H21N5O5S. The zero-order valence-electron chi connectivity index (χ0n) is 17.8. The van der Waals surface area contributed by atoms with Crippen LogP contribution >= 0.6 is 0 Å². The summed E-state index contributed by atoms with van der Waals surface area (Å²) in [4.78, 5) is 10.9. The number of amides is 1. The molecule has 0 radical (unpaired) electrons. The molecule has 166 valence electrons. The van der Waals surface area contributed by atoms with E-state index in [4.69, 9.17) is 0 Å². The summed E-state index contributed by atoms with van der Waals surface area (Å²) in [5.41, 5.74) is 2.32. The van der Waals surface area contributed by atoms with Gasteiger partial charge in [0.25, 0.3) is 10.1 Å². The number of hydrogen-bond donors (Lipinski definition) is 3. The van der Waals surface area contributed by atoms with Crippen LogP contribution in [0.2, 0.25) is 0 Å². The summed E-state index contributed by atoms with van der Waals surface area (Å²) >= 11 is 0. The first-order valence-electron chi connectivity index (χ1n) is 9.39. The molecule has 3 aromatic rings. The molecule has 0 aliphatic carbocycles. The number of fused-ring (bicyclic) bond motifs is 1. The van der Waals surface area contributed by atoms with Crippen molar-refractivity contribution in [3.8, 4) is 5.75 Å². The summed E-state index contributed by atoms with van der Waals surface area (Å²) in [6, 6.07) is 9.25. The molecule has 3 rings (SSSR count). The molecule has 1 amide bonds. The minimum absolute atomic E-state index is 0.163. The molecule has 3 aromatic carbocycles. The number of phenolic OH excluding ortho intramolecular Hbond substituents is 1. The van der Waals surface area contributed by atoms with Gasteiger partial charge < -0.3 is 10.4 Å². The molecule has 0 heterocycles. The van der Waals surface area contributed by atoms with Gasteiger partial charge in [-0.05, 0) is 54.6 Å². The van der Waals surface area contributed by atoms with Crippen molar-refractivity contribution in [3.05, 3.63) is 47.5 Å². The first kappa shape index (κ1) is 23.0. The quantitative estimate of drug-likeness (QED) is 0.342. The SMILES string of the molecule is CN=Nc1cc(C)c(N=Nc2c(S(=O)(=O)O)cc3cccc(NC(C)=O)c3c2O)cc1C. The van der Waals surface area contributed by atoms with E-state index >= 15 is 0 Å². The lowest BCUT2D eigenvalue weighted by atomic mass is 10.1. The first-order chi connectivity index (χ1) is 15.0. The number of carbonyl (C=O) groups excluding carboxylic acids is 1. The van der Waals surface area contributed by atoms with E-state index in [9.17, 15) is 22.9 Å². The number of anilines is 1. The fraction of sp³-hybridized carbons (Fsp3) is 0.190. The summed E-state index contributed by atoms with van der Waals surface area (Å²) < 4.78 is 33.7. The first-order valence-corrected chi connectivity index (χ1v) is 10.8. The maximum Gasteiger partial charge on any atom is 0.296 e. The van der Waals surface area contributed by atoms with Crippen molar-refractivity contribution in [3.63, 3.8) is 0 Å². The molecule has 11 heteroatoms. The Hall–Kier alpha value is -3.70. The highest BCUT2D eigenvalue weighted by atomic mass is 32.2. The van der Waals surface area contributed by atoms with E-state index < -0.39 is 26.5 Å². The number of phenols is 1. The normalized spacial score (nSPS) is 12.2. The molecule has 0 saturated carbocycles. The van der Waals surface area contributed by atoms with Crippen LogP contribution in [-0.4, -0.2) is 31.0 Å². The average Bonchev–Trinajstić information content (AvgIpc) is 2.69. The molecule has 0 aliphatic heterocycles. The highest BCUT2D eigenvalue weighted by molar-refractivity contribution is 7.86. The van der Waals surface area contributed by atoms with Gasteiger partial charge in [0.1, 0.15) is 10.6 Å². The van der Waals surface area contributed by atoms with Crippen molar-refractivity contribution in [1.82, 2.24) is 0 Å². The fourth-order valence-electron chi connectivity index (χ4n) is 3.20. The van der Waals surface area contributed by atoms with Gasteiger partial charge in [-0.2, -0.15) is 23.8 Å². The van der Waals surface area contributed by atoms with E-state index in [0.717, 1.165) is 11.6 Å². The van der Waals surface area contributed by atoms with Gasteiger partial charge in [0, 0.05) is 19.4 Å². The third-order valence-corrected chi connectivity index (χ3v) is 5.51. The largest absolute Gasteiger partial charge is 0.505 e. The number of carbonyl (C=O) groups is 1. The maximum absolute atomic E-state index is 12.0. The number of rotatable bonds is 5. The van der Waals surface area contributed by atoms with Crippen LogP contribution in [0.3, 0.4) is 0 Å². The van der Waals surface area contributed by atoms with Crippen LogP contribution in [-0.2, 0) is 14.9 Å². The van der Waals surface area contributed by atoms with Gasteiger partial charge in [-0.25, -0.2) is 0 Å². The Morgan fingerprint density at radius 1 is 1.00 bits per heavy atom. The van der Waals surface area contributed by atoms with Crippen molar-refractivity contribution in [2.24, 2.45) is 20.5 Å². The topological polar surface area (TPSA) is 153 Å². The molecule has 0 saturated heterocycles. The lowest BCUT2D eigenvalue weighted by molar-refractivity contribution is -0.114. The third kappa shape index (κ3) is 4.63. The number of benzene rings is 3. The minimum atomic E-state index is -4.75. The van der Waals surface area contributed by atoms with E-state index in [0.29, 0.717) is 16.9 Å². The van der Waals surface area contributed by atoms with E-state index in [-0.39, 0.29) is 22.4 Å². The standard InChI is InChI=1S/C21H21N5O5S/c1-11-9-17(12(2)8-16(11)24-22-4)25-26-20-18(32(29,30)31)10-14-6-5-7-15(23-13(3)27)19(14)21(20)28/h5-10,28H,1-4H3,(H,23,27)(H,29,30,31). The molecule has 32 heavy (non-hydrogen) atoms. The second kappa shape index (κ2) is 8.81. The number of hydrogen-bond acceptors (Lipinski definition) is 8. The molecule has 10 nitrogen and oxygen atoms in total. The van der Waals surface area contributed by atoms with E-state index in [2.05, 4.69) is 25.8 Å². The van der Waals surface area contributed by atoms with Gasteiger partial charge in [0.05, 0.1) is 17.1 Å². The Kier molecular flexibility index (Phi) is 6.32. The molecule has 0 atom stereocenters. The molecule has 0 fully saturated rings. The molecule has 0 aliphatic rings. The Morgan fingerprint density at radius 2 is 1.62 bits per heavy atom. The summed E-state index contributed by atoms with van der Waals surface area (Å²) in [6.07, 6.45) is 0. The van der Waals surface area contributed by atoms with Crippen molar-refractivity contribution in [2.45, 2.75) is 25.7 Å². The lowest BCUT2D eigenvalue weighted by Gasteiger charge is -2.13. The average molecular weight is 455 g/mol. The van der Waals surface area contributed by atoms with Crippen LogP contribution in [0.5, 0.6) is 5.75 Å². The predicted molar refractivity (Wildman–Crippen MR) is 120 cm³/mol. The Bertz CT molecular complexity index is 1400. The maximum atomic E-state index is 12.0. The second-order valence-electron chi connectivity index (χ2n) is 7.06. The van der Waals surface area contributed by atoms with Crippen LogP contribution < -0.4 is 5.32 Å². The number of aromatic hydroxyl groups is 1. The van der Waals surface area contributed by atoms with Gasteiger partial charge in [-0.1, -0.05) is 12.1 Å². The van der Waals surface area contributed by atoms with Gasteiger partial charge in [-0.3, -0.25) is 9.35 Å². The van der Waals surface area contributed by atoms with Crippen molar-refractivity contribution >= 4 is 49.5 Å². The van der Waals surface area contributed by atoms with Crippen LogP contribution in [0.1, 0.15) is 18.1 Å². The molecule has 0 aromatic heterocycles. The predicted octanol–water partition coefficient (Wildman–Crippen LogP) is 5.50. The number of nitrogens with zero attached hydrogens (tertiary/aromatic N) is 4. The zero-order chi connectivity index (χ0) is 23.6. The molecule has 0 bridgehead atoms. The molecule has 0 unspecified atom stereocenters. The van der Waals surface area contributed by atoms with E-state index in [1.165, 1.54) is 13.0 Å². The van der Waals surface area contributed by atoms with Crippen LogP contribution in [0, 0.1) is 13.8 Å². The summed E-state index contributed by atoms with van der Waals surface area (Å²) in [5.74, 6) is -0.927. The monoisotopic (exact) mass is 455 g/mol. The highest BCUT2D eigenvalue weighted by Crippen LogP contribution is 2.44. The van der Waals surface area contributed by atoms with Crippen LogP contribution in [0.4, 0.5) is 22.7 Å². The van der Waals surface area contributed by atoms with E-state index in [1.807, 2.05) is 0 Å².